The number of nitrogens with one attached hydrogen (secondary N) is 2. The highest BCUT2D eigenvalue weighted by molar-refractivity contribution is 5.73. The molecule has 84 valence electrons. The van der Waals surface area contributed by atoms with Crippen molar-refractivity contribution >= 4 is 6.03 Å². The lowest BCUT2D eigenvalue weighted by atomic mass is 10.3. The third kappa shape index (κ3) is 6.71. The van der Waals surface area contributed by atoms with Gasteiger partial charge in [-0.15, -0.1) is 0 Å². The molecular weight excluding hydrogens is 178 g/mol. The molecule has 0 spiro atoms. The molecule has 0 fully saturated rings. The van der Waals surface area contributed by atoms with Gasteiger partial charge in [0.25, 0.3) is 0 Å². The molecule has 0 aliphatic carbocycles. The summed E-state index contributed by atoms with van der Waals surface area (Å²) < 4.78 is 0. The zero-order chi connectivity index (χ0) is 10.8. The number of carbonyl (C=O) groups is 1. The second kappa shape index (κ2) is 8.81. The van der Waals surface area contributed by atoms with Crippen LogP contribution in [0.2, 0.25) is 0 Å². The second-order valence-electron chi connectivity index (χ2n) is 3.17. The van der Waals surface area contributed by atoms with E-state index in [0.29, 0.717) is 6.54 Å². The SMILES string of the molecule is CCNC(=O)NCCCN(CC)CC. The van der Waals surface area contributed by atoms with Crippen molar-refractivity contribution in [3.8, 4) is 0 Å². The fraction of sp³-hybridized carbons (Fsp3) is 0.900. The van der Waals surface area contributed by atoms with Crippen LogP contribution in [-0.4, -0.2) is 43.7 Å². The molecule has 0 saturated carbocycles. The minimum absolute atomic E-state index is 0.0629. The first-order chi connectivity index (χ1) is 6.74. The molecule has 0 aromatic rings. The van der Waals surface area contributed by atoms with Crippen molar-refractivity contribution in [2.45, 2.75) is 27.2 Å². The van der Waals surface area contributed by atoms with Crippen LogP contribution in [0.15, 0.2) is 0 Å². The summed E-state index contributed by atoms with van der Waals surface area (Å²) in [7, 11) is 0. The van der Waals surface area contributed by atoms with Crippen LogP contribution in [0.3, 0.4) is 0 Å². The van der Waals surface area contributed by atoms with Gasteiger partial charge in [0, 0.05) is 13.1 Å². The van der Waals surface area contributed by atoms with Crippen LogP contribution in [-0.2, 0) is 0 Å². The second-order valence-corrected chi connectivity index (χ2v) is 3.17. The number of nitrogens with zero attached hydrogens (tertiary/aromatic N) is 1. The Bertz CT molecular complexity index is 146. The Morgan fingerprint density at radius 2 is 1.79 bits per heavy atom. The quantitative estimate of drug-likeness (QED) is 0.604. The van der Waals surface area contributed by atoms with Gasteiger partial charge in [-0.05, 0) is 33.0 Å². The molecule has 0 atom stereocenters. The van der Waals surface area contributed by atoms with Gasteiger partial charge in [0.1, 0.15) is 0 Å². The highest BCUT2D eigenvalue weighted by Crippen LogP contribution is 1.88. The molecule has 0 saturated heterocycles. The van der Waals surface area contributed by atoms with E-state index < -0.39 is 0 Å². The minimum atomic E-state index is -0.0629. The van der Waals surface area contributed by atoms with Crippen molar-refractivity contribution in [3.63, 3.8) is 0 Å². The largest absolute Gasteiger partial charge is 0.338 e. The molecule has 0 unspecified atom stereocenters. The minimum Gasteiger partial charge on any atom is -0.338 e. The number of amides is 2. The molecule has 0 radical (unpaired) electrons. The predicted molar refractivity (Wildman–Crippen MR) is 59.5 cm³/mol. The summed E-state index contributed by atoms with van der Waals surface area (Å²) in [6, 6.07) is -0.0629. The molecule has 4 heteroatoms. The van der Waals surface area contributed by atoms with Gasteiger partial charge in [-0.25, -0.2) is 4.79 Å². The summed E-state index contributed by atoms with van der Waals surface area (Å²) in [6.07, 6.45) is 1.01. The van der Waals surface area contributed by atoms with Crippen LogP contribution in [0.5, 0.6) is 0 Å². The van der Waals surface area contributed by atoms with E-state index in [2.05, 4.69) is 29.4 Å². The van der Waals surface area contributed by atoms with E-state index >= 15 is 0 Å². The fourth-order valence-corrected chi connectivity index (χ4v) is 1.27. The van der Waals surface area contributed by atoms with E-state index in [0.717, 1.165) is 32.6 Å². The summed E-state index contributed by atoms with van der Waals surface area (Å²) in [4.78, 5) is 13.3. The molecular formula is C10H23N3O. The van der Waals surface area contributed by atoms with Crippen LogP contribution in [0.1, 0.15) is 27.2 Å². The topological polar surface area (TPSA) is 44.4 Å². The van der Waals surface area contributed by atoms with Crippen LogP contribution < -0.4 is 10.6 Å². The van der Waals surface area contributed by atoms with E-state index in [1.54, 1.807) is 0 Å². The van der Waals surface area contributed by atoms with Gasteiger partial charge in [-0.1, -0.05) is 13.8 Å². The molecule has 2 N–H and O–H groups in total. The molecule has 2 amide bonds. The fourth-order valence-electron chi connectivity index (χ4n) is 1.27. The summed E-state index contributed by atoms with van der Waals surface area (Å²) in [5, 5.41) is 5.51. The van der Waals surface area contributed by atoms with Crippen molar-refractivity contribution in [1.82, 2.24) is 15.5 Å². The van der Waals surface area contributed by atoms with E-state index in [4.69, 9.17) is 0 Å². The Morgan fingerprint density at radius 1 is 1.14 bits per heavy atom. The first-order valence-electron chi connectivity index (χ1n) is 5.48. The molecule has 0 aliphatic heterocycles. The first-order valence-corrected chi connectivity index (χ1v) is 5.48. The van der Waals surface area contributed by atoms with Crippen LogP contribution in [0.25, 0.3) is 0 Å². The average molecular weight is 201 g/mol. The van der Waals surface area contributed by atoms with E-state index in [1.165, 1.54) is 0 Å². The normalized spacial score (nSPS) is 10.3. The molecule has 0 aromatic heterocycles. The Kier molecular flexibility index (Phi) is 8.33. The molecule has 0 heterocycles. The van der Waals surface area contributed by atoms with Crippen molar-refractivity contribution in [1.29, 1.82) is 0 Å². The van der Waals surface area contributed by atoms with Gasteiger partial charge in [0.15, 0.2) is 0 Å². The highest BCUT2D eigenvalue weighted by Gasteiger charge is 1.99. The molecule has 0 aromatic carbocycles. The smallest absolute Gasteiger partial charge is 0.314 e. The third-order valence-corrected chi connectivity index (χ3v) is 2.17. The van der Waals surface area contributed by atoms with Crippen LogP contribution in [0, 0.1) is 0 Å². The van der Waals surface area contributed by atoms with Gasteiger partial charge in [0.2, 0.25) is 0 Å². The van der Waals surface area contributed by atoms with Gasteiger partial charge in [-0.2, -0.15) is 0 Å². The summed E-state index contributed by atoms with van der Waals surface area (Å²) in [5.74, 6) is 0. The Labute approximate surface area is 87.0 Å². The number of hydrogen-bond acceptors (Lipinski definition) is 2. The Morgan fingerprint density at radius 3 is 2.29 bits per heavy atom. The first kappa shape index (κ1) is 13.2. The highest BCUT2D eigenvalue weighted by atomic mass is 16.2. The van der Waals surface area contributed by atoms with Gasteiger partial charge < -0.3 is 15.5 Å². The molecule has 0 aliphatic rings. The maximum absolute atomic E-state index is 11.0. The standard InChI is InChI=1S/C10H23N3O/c1-4-11-10(14)12-8-7-9-13(5-2)6-3/h4-9H2,1-3H3,(H2,11,12,14). The summed E-state index contributed by atoms with van der Waals surface area (Å²) in [6.45, 7) is 10.9. The summed E-state index contributed by atoms with van der Waals surface area (Å²) >= 11 is 0. The van der Waals surface area contributed by atoms with Crippen molar-refractivity contribution in [3.05, 3.63) is 0 Å². The lowest BCUT2D eigenvalue weighted by Crippen LogP contribution is -2.37. The zero-order valence-corrected chi connectivity index (χ0v) is 9.60. The number of carbonyl (C=O) groups excluding carboxylic acids is 1. The van der Waals surface area contributed by atoms with Crippen LogP contribution in [0.4, 0.5) is 4.79 Å². The Balaban J connectivity index is 3.32. The molecule has 4 nitrogen and oxygen atoms in total. The molecule has 14 heavy (non-hydrogen) atoms. The van der Waals surface area contributed by atoms with E-state index in [1.807, 2.05) is 6.92 Å². The zero-order valence-electron chi connectivity index (χ0n) is 9.60. The van der Waals surface area contributed by atoms with Gasteiger partial charge in [0.05, 0.1) is 0 Å². The number of hydrogen-bond donors (Lipinski definition) is 2. The van der Waals surface area contributed by atoms with E-state index in [9.17, 15) is 4.79 Å². The maximum Gasteiger partial charge on any atom is 0.314 e. The molecule has 0 bridgehead atoms. The summed E-state index contributed by atoms with van der Waals surface area (Å²) in [5.41, 5.74) is 0. The predicted octanol–water partition coefficient (Wildman–Crippen LogP) is 1.04. The number of urea groups is 1. The van der Waals surface area contributed by atoms with Gasteiger partial charge in [-0.3, -0.25) is 0 Å². The maximum atomic E-state index is 11.0. The van der Waals surface area contributed by atoms with Crippen molar-refractivity contribution in [2.24, 2.45) is 0 Å². The van der Waals surface area contributed by atoms with Gasteiger partial charge >= 0.3 is 6.03 Å². The lowest BCUT2D eigenvalue weighted by molar-refractivity contribution is 0.239. The van der Waals surface area contributed by atoms with E-state index in [-0.39, 0.29) is 6.03 Å². The van der Waals surface area contributed by atoms with Crippen molar-refractivity contribution in [2.75, 3.05) is 32.7 Å². The van der Waals surface area contributed by atoms with Crippen molar-refractivity contribution < 1.29 is 4.79 Å². The van der Waals surface area contributed by atoms with Crippen LogP contribution >= 0.6 is 0 Å². The Hall–Kier alpha value is -0.770. The lowest BCUT2D eigenvalue weighted by Gasteiger charge is -2.17. The average Bonchev–Trinajstić information content (AvgIpc) is 2.19. The number of rotatable bonds is 7. The third-order valence-electron chi connectivity index (χ3n) is 2.17. The monoisotopic (exact) mass is 201 g/mol. The molecule has 0 rings (SSSR count).